The van der Waals surface area contributed by atoms with Crippen LogP contribution in [0.15, 0.2) is 35.3 Å². The fraction of sp³-hybridized carbons (Fsp3) is 0.667. The highest BCUT2D eigenvalue weighted by Gasteiger charge is 2.41. The van der Waals surface area contributed by atoms with Crippen molar-refractivity contribution in [2.45, 2.75) is 50.4 Å². The molecular weight excluding hydrogens is 324 g/mol. The van der Waals surface area contributed by atoms with Crippen LogP contribution in [-0.2, 0) is 11.2 Å². The number of aliphatic imine (C=N–C) groups is 1. The van der Waals surface area contributed by atoms with Gasteiger partial charge in [-0.05, 0) is 50.1 Å². The van der Waals surface area contributed by atoms with Gasteiger partial charge in [-0.1, -0.05) is 30.3 Å². The summed E-state index contributed by atoms with van der Waals surface area (Å²) in [5, 5.41) is 7.13. The summed E-state index contributed by atoms with van der Waals surface area (Å²) < 4.78 is 5.93. The summed E-state index contributed by atoms with van der Waals surface area (Å²) in [7, 11) is 1.87. The Morgan fingerprint density at radius 1 is 1.23 bits per heavy atom. The van der Waals surface area contributed by atoms with Gasteiger partial charge in [0, 0.05) is 26.7 Å². The van der Waals surface area contributed by atoms with Crippen LogP contribution >= 0.6 is 0 Å². The number of nitrogens with zero attached hydrogens (tertiary/aromatic N) is 2. The Bertz CT molecular complexity index is 605. The number of likely N-dealkylation sites (tertiary alicyclic amines) is 1. The van der Waals surface area contributed by atoms with Crippen LogP contribution in [0.5, 0.6) is 0 Å². The number of fused-ring (bicyclic) bond motifs is 2. The Labute approximate surface area is 157 Å². The second-order valence-electron chi connectivity index (χ2n) is 8.00. The minimum Gasteiger partial charge on any atom is -0.373 e. The lowest BCUT2D eigenvalue weighted by molar-refractivity contribution is 0.0992. The number of benzene rings is 1. The molecule has 5 nitrogen and oxygen atoms in total. The van der Waals surface area contributed by atoms with Crippen molar-refractivity contribution in [2.24, 2.45) is 10.9 Å². The average molecular weight is 357 g/mol. The van der Waals surface area contributed by atoms with Gasteiger partial charge in [-0.15, -0.1) is 0 Å². The number of hydrogen-bond donors (Lipinski definition) is 2. The van der Waals surface area contributed by atoms with Crippen molar-refractivity contribution in [3.63, 3.8) is 0 Å². The highest BCUT2D eigenvalue weighted by molar-refractivity contribution is 5.80. The molecule has 0 aromatic heterocycles. The predicted octanol–water partition coefficient (Wildman–Crippen LogP) is 2.04. The number of rotatable bonds is 6. The van der Waals surface area contributed by atoms with Gasteiger partial charge in [-0.3, -0.25) is 4.99 Å². The molecule has 3 aliphatic rings. The van der Waals surface area contributed by atoms with Gasteiger partial charge < -0.3 is 20.3 Å². The number of hydrogen-bond acceptors (Lipinski definition) is 3. The SMILES string of the molecule is CN=C(NCC1CCN(CCc2ccccc2)C1)NC1CC2CCC1O2. The zero-order chi connectivity index (χ0) is 17.8. The van der Waals surface area contributed by atoms with E-state index in [1.165, 1.54) is 37.9 Å². The van der Waals surface area contributed by atoms with E-state index in [9.17, 15) is 0 Å². The van der Waals surface area contributed by atoms with Crippen LogP contribution in [0.3, 0.4) is 0 Å². The smallest absolute Gasteiger partial charge is 0.191 e. The molecular formula is C21H32N4O. The zero-order valence-electron chi connectivity index (χ0n) is 15.9. The zero-order valence-corrected chi connectivity index (χ0v) is 15.9. The average Bonchev–Trinajstić information content (AvgIpc) is 3.41. The second kappa shape index (κ2) is 8.40. The number of nitrogens with one attached hydrogen (secondary N) is 2. The molecule has 4 unspecified atom stereocenters. The van der Waals surface area contributed by atoms with Gasteiger partial charge in [0.25, 0.3) is 0 Å². The molecule has 3 aliphatic heterocycles. The fourth-order valence-corrected chi connectivity index (χ4v) is 4.62. The quantitative estimate of drug-likeness (QED) is 0.605. The van der Waals surface area contributed by atoms with Crippen LogP contribution in [-0.4, -0.2) is 62.3 Å². The molecule has 0 aliphatic carbocycles. The topological polar surface area (TPSA) is 48.9 Å². The number of guanidine groups is 1. The van der Waals surface area contributed by atoms with E-state index < -0.39 is 0 Å². The first-order chi connectivity index (χ1) is 12.8. The predicted molar refractivity (Wildman–Crippen MR) is 105 cm³/mol. The molecule has 3 fully saturated rings. The minimum atomic E-state index is 0.388. The molecule has 5 heteroatoms. The molecule has 0 saturated carbocycles. The summed E-state index contributed by atoms with van der Waals surface area (Å²) in [6, 6.07) is 11.2. The van der Waals surface area contributed by atoms with Crippen molar-refractivity contribution in [1.82, 2.24) is 15.5 Å². The van der Waals surface area contributed by atoms with Gasteiger partial charge >= 0.3 is 0 Å². The first kappa shape index (κ1) is 17.8. The Balaban J connectivity index is 1.16. The molecule has 4 atom stereocenters. The third-order valence-corrected chi connectivity index (χ3v) is 6.14. The molecule has 26 heavy (non-hydrogen) atoms. The van der Waals surface area contributed by atoms with Crippen molar-refractivity contribution in [1.29, 1.82) is 0 Å². The highest BCUT2D eigenvalue weighted by Crippen LogP contribution is 2.34. The van der Waals surface area contributed by atoms with Gasteiger partial charge in [-0.25, -0.2) is 0 Å². The molecule has 0 spiro atoms. The summed E-state index contributed by atoms with van der Waals surface area (Å²) in [6.07, 6.45) is 6.84. The van der Waals surface area contributed by atoms with Crippen LogP contribution in [0.4, 0.5) is 0 Å². The molecule has 2 bridgehead atoms. The Kier molecular flexibility index (Phi) is 5.75. The van der Waals surface area contributed by atoms with Gasteiger partial charge in [0.2, 0.25) is 0 Å². The summed E-state index contributed by atoms with van der Waals surface area (Å²) in [5.74, 6) is 1.65. The standard InChI is InChI=1S/C21H32N4O/c1-22-21(24-19-13-18-7-8-20(19)26-18)23-14-17-10-12-25(15-17)11-9-16-5-3-2-4-6-16/h2-6,17-20H,7-15H2,1H3,(H2,22,23,24). The normalized spacial score (nSPS) is 31.5. The van der Waals surface area contributed by atoms with Crippen molar-refractivity contribution in [3.8, 4) is 0 Å². The lowest BCUT2D eigenvalue weighted by Crippen LogP contribution is -2.48. The van der Waals surface area contributed by atoms with Crippen molar-refractivity contribution in [2.75, 3.05) is 33.2 Å². The van der Waals surface area contributed by atoms with Crippen molar-refractivity contribution < 1.29 is 4.74 Å². The van der Waals surface area contributed by atoms with E-state index in [4.69, 9.17) is 4.74 Å². The van der Waals surface area contributed by atoms with E-state index in [0.717, 1.165) is 31.9 Å². The molecule has 3 saturated heterocycles. The van der Waals surface area contributed by atoms with Crippen LogP contribution in [0.2, 0.25) is 0 Å². The van der Waals surface area contributed by atoms with E-state index in [1.807, 2.05) is 7.05 Å². The molecule has 4 rings (SSSR count). The Hall–Kier alpha value is -1.59. The molecule has 1 aromatic carbocycles. The van der Waals surface area contributed by atoms with E-state index in [0.29, 0.717) is 24.2 Å². The van der Waals surface area contributed by atoms with Gasteiger partial charge in [-0.2, -0.15) is 0 Å². The van der Waals surface area contributed by atoms with E-state index >= 15 is 0 Å². The third-order valence-electron chi connectivity index (χ3n) is 6.14. The maximum Gasteiger partial charge on any atom is 0.191 e. The maximum atomic E-state index is 5.93. The molecule has 1 aromatic rings. The molecule has 2 N–H and O–H groups in total. The van der Waals surface area contributed by atoms with Gasteiger partial charge in [0.05, 0.1) is 18.2 Å². The van der Waals surface area contributed by atoms with E-state index in [1.54, 1.807) is 0 Å². The maximum absolute atomic E-state index is 5.93. The summed E-state index contributed by atoms with van der Waals surface area (Å²) in [5.41, 5.74) is 1.44. The first-order valence-electron chi connectivity index (χ1n) is 10.2. The summed E-state index contributed by atoms with van der Waals surface area (Å²) in [6.45, 7) is 4.57. The van der Waals surface area contributed by atoms with Crippen LogP contribution < -0.4 is 10.6 Å². The van der Waals surface area contributed by atoms with Crippen LogP contribution in [0.1, 0.15) is 31.2 Å². The van der Waals surface area contributed by atoms with E-state index in [2.05, 4.69) is 50.9 Å². The van der Waals surface area contributed by atoms with Crippen molar-refractivity contribution >= 4 is 5.96 Å². The van der Waals surface area contributed by atoms with Crippen LogP contribution in [0.25, 0.3) is 0 Å². The molecule has 3 heterocycles. The number of ether oxygens (including phenoxy) is 1. The monoisotopic (exact) mass is 356 g/mol. The molecule has 0 radical (unpaired) electrons. The third kappa shape index (κ3) is 4.38. The summed E-state index contributed by atoms with van der Waals surface area (Å²) >= 11 is 0. The highest BCUT2D eigenvalue weighted by atomic mass is 16.5. The van der Waals surface area contributed by atoms with Gasteiger partial charge in [0.15, 0.2) is 5.96 Å². The largest absolute Gasteiger partial charge is 0.373 e. The Morgan fingerprint density at radius 2 is 2.12 bits per heavy atom. The molecule has 0 amide bonds. The van der Waals surface area contributed by atoms with E-state index in [-0.39, 0.29) is 0 Å². The minimum absolute atomic E-state index is 0.388. The first-order valence-corrected chi connectivity index (χ1v) is 10.2. The van der Waals surface area contributed by atoms with Gasteiger partial charge in [0.1, 0.15) is 0 Å². The van der Waals surface area contributed by atoms with Crippen molar-refractivity contribution in [3.05, 3.63) is 35.9 Å². The fourth-order valence-electron chi connectivity index (χ4n) is 4.62. The summed E-state index contributed by atoms with van der Waals surface area (Å²) in [4.78, 5) is 7.01. The molecule has 142 valence electrons. The Morgan fingerprint density at radius 3 is 2.85 bits per heavy atom. The van der Waals surface area contributed by atoms with Crippen LogP contribution in [0, 0.1) is 5.92 Å². The lowest BCUT2D eigenvalue weighted by atomic mass is 9.96. The lowest BCUT2D eigenvalue weighted by Gasteiger charge is -2.23. The second-order valence-corrected chi connectivity index (χ2v) is 8.00.